The molecule has 1 aliphatic heterocycles. The van der Waals surface area contributed by atoms with Crippen LogP contribution in [0.3, 0.4) is 0 Å². The normalized spacial score (nSPS) is 27.1. The van der Waals surface area contributed by atoms with Crippen LogP contribution in [0.5, 0.6) is 0 Å². The molecule has 0 aromatic heterocycles. The third-order valence-electron chi connectivity index (χ3n) is 3.63. The Labute approximate surface area is 105 Å². The minimum absolute atomic E-state index is 0.127. The Balaban J connectivity index is 1.71. The van der Waals surface area contributed by atoms with Crippen molar-refractivity contribution in [2.45, 2.75) is 31.4 Å². The molecule has 2 fully saturated rings. The van der Waals surface area contributed by atoms with E-state index in [0.29, 0.717) is 12.0 Å². The van der Waals surface area contributed by atoms with E-state index in [2.05, 4.69) is 5.32 Å². The molecule has 1 aromatic rings. The monoisotopic (exact) mass is 248 g/mol. The molecule has 2 unspecified atom stereocenters. The van der Waals surface area contributed by atoms with Gasteiger partial charge in [-0.25, -0.2) is 0 Å². The number of hydrogen-bond donors (Lipinski definition) is 1. The third-order valence-corrected chi connectivity index (χ3v) is 3.63. The molecule has 96 valence electrons. The fourth-order valence-corrected chi connectivity index (χ4v) is 2.58. The van der Waals surface area contributed by atoms with Crippen molar-refractivity contribution >= 4 is 11.4 Å². The highest BCUT2D eigenvalue weighted by molar-refractivity contribution is 5.51. The lowest BCUT2D eigenvalue weighted by Crippen LogP contribution is -2.30. The van der Waals surface area contributed by atoms with Crippen LogP contribution in [0.1, 0.15) is 19.3 Å². The number of nitro groups is 1. The first-order valence-corrected chi connectivity index (χ1v) is 6.36. The van der Waals surface area contributed by atoms with E-state index >= 15 is 0 Å². The number of anilines is 1. The van der Waals surface area contributed by atoms with Crippen molar-refractivity contribution in [3.05, 3.63) is 34.4 Å². The van der Waals surface area contributed by atoms with Crippen LogP contribution in [0.4, 0.5) is 11.4 Å². The van der Waals surface area contributed by atoms with Gasteiger partial charge in [0.2, 0.25) is 0 Å². The average Bonchev–Trinajstić information content (AvgIpc) is 3.11. The summed E-state index contributed by atoms with van der Waals surface area (Å²) >= 11 is 0. The van der Waals surface area contributed by atoms with Gasteiger partial charge in [-0.2, -0.15) is 0 Å². The van der Waals surface area contributed by atoms with E-state index in [0.717, 1.165) is 18.7 Å². The second-order valence-corrected chi connectivity index (χ2v) is 5.02. The summed E-state index contributed by atoms with van der Waals surface area (Å²) in [5.41, 5.74) is 0.937. The maximum absolute atomic E-state index is 10.7. The lowest BCUT2D eigenvalue weighted by molar-refractivity contribution is -0.384. The van der Waals surface area contributed by atoms with Crippen LogP contribution in [0, 0.1) is 16.0 Å². The Kier molecular flexibility index (Phi) is 2.91. The van der Waals surface area contributed by atoms with E-state index in [-0.39, 0.29) is 16.7 Å². The van der Waals surface area contributed by atoms with E-state index in [9.17, 15) is 10.1 Å². The molecule has 1 heterocycles. The zero-order chi connectivity index (χ0) is 12.5. The Bertz CT molecular complexity index is 459. The molecule has 2 atom stereocenters. The molecule has 1 aromatic carbocycles. The minimum Gasteiger partial charge on any atom is -0.379 e. The van der Waals surface area contributed by atoms with Crippen LogP contribution in [0.15, 0.2) is 24.3 Å². The largest absolute Gasteiger partial charge is 0.379 e. The lowest BCUT2D eigenvalue weighted by Gasteiger charge is -2.20. The number of benzene rings is 1. The molecule has 0 bridgehead atoms. The summed E-state index contributed by atoms with van der Waals surface area (Å²) in [5.74, 6) is 0.684. The van der Waals surface area contributed by atoms with Crippen LogP contribution < -0.4 is 5.32 Å². The maximum Gasteiger partial charge on any atom is 0.271 e. The van der Waals surface area contributed by atoms with Crippen LogP contribution >= 0.6 is 0 Å². The molecule has 1 N–H and O–H groups in total. The third kappa shape index (κ3) is 2.31. The molecule has 0 spiro atoms. The molecule has 1 saturated heterocycles. The van der Waals surface area contributed by atoms with Crippen molar-refractivity contribution in [3.63, 3.8) is 0 Å². The molecular formula is C13H16N2O3. The van der Waals surface area contributed by atoms with Crippen LogP contribution in [-0.2, 0) is 4.74 Å². The molecule has 1 aliphatic carbocycles. The molecule has 2 aliphatic rings. The van der Waals surface area contributed by atoms with E-state index in [1.807, 2.05) is 6.07 Å². The van der Waals surface area contributed by atoms with Gasteiger partial charge in [0.1, 0.15) is 0 Å². The van der Waals surface area contributed by atoms with Crippen LogP contribution in [0.25, 0.3) is 0 Å². The lowest BCUT2D eigenvalue weighted by atomic mass is 10.1. The van der Waals surface area contributed by atoms with Crippen molar-refractivity contribution in [3.8, 4) is 0 Å². The van der Waals surface area contributed by atoms with Crippen molar-refractivity contribution in [1.29, 1.82) is 0 Å². The topological polar surface area (TPSA) is 64.4 Å². The number of rotatable bonds is 4. The van der Waals surface area contributed by atoms with Crippen LogP contribution in [-0.4, -0.2) is 23.7 Å². The smallest absolute Gasteiger partial charge is 0.271 e. The molecule has 0 radical (unpaired) electrons. The Morgan fingerprint density at radius 1 is 1.33 bits per heavy atom. The maximum atomic E-state index is 10.7. The molecular weight excluding hydrogens is 232 g/mol. The molecule has 18 heavy (non-hydrogen) atoms. The first kappa shape index (κ1) is 11.5. The molecule has 5 nitrogen and oxygen atoms in total. The minimum atomic E-state index is -0.366. The van der Waals surface area contributed by atoms with E-state index in [1.165, 1.54) is 18.9 Å². The summed E-state index contributed by atoms with van der Waals surface area (Å²) < 4.78 is 5.74. The van der Waals surface area contributed by atoms with E-state index in [1.54, 1.807) is 12.1 Å². The number of non-ortho nitro benzene ring substituents is 1. The van der Waals surface area contributed by atoms with Gasteiger partial charge in [0.05, 0.1) is 17.1 Å². The molecule has 3 rings (SSSR count). The molecule has 0 amide bonds. The second-order valence-electron chi connectivity index (χ2n) is 5.02. The summed E-state index contributed by atoms with van der Waals surface area (Å²) in [6.07, 6.45) is 3.75. The summed E-state index contributed by atoms with van der Waals surface area (Å²) in [6.45, 7) is 0.785. The number of nitrogens with one attached hydrogen (secondary N) is 1. The van der Waals surface area contributed by atoms with Gasteiger partial charge < -0.3 is 10.1 Å². The van der Waals surface area contributed by atoms with Crippen molar-refractivity contribution in [2.75, 3.05) is 11.9 Å². The van der Waals surface area contributed by atoms with Crippen LogP contribution in [0.2, 0.25) is 0 Å². The van der Waals surface area contributed by atoms with Gasteiger partial charge in [0, 0.05) is 24.4 Å². The number of hydrogen-bond acceptors (Lipinski definition) is 4. The second kappa shape index (κ2) is 4.57. The van der Waals surface area contributed by atoms with Crippen molar-refractivity contribution < 1.29 is 9.66 Å². The standard InChI is InChI=1S/C13H16N2O3/c16-15(17)11-3-1-2-10(8-11)14-12-6-7-18-13(12)9-4-5-9/h1-3,8-9,12-14H,4-7H2. The number of ether oxygens (including phenoxy) is 1. The first-order valence-electron chi connectivity index (χ1n) is 6.36. The highest BCUT2D eigenvalue weighted by Crippen LogP contribution is 2.39. The highest BCUT2D eigenvalue weighted by atomic mass is 16.6. The van der Waals surface area contributed by atoms with Gasteiger partial charge in [-0.15, -0.1) is 0 Å². The zero-order valence-electron chi connectivity index (χ0n) is 10.0. The summed E-state index contributed by atoms with van der Waals surface area (Å²) in [5, 5.41) is 14.1. The number of nitrogens with zero attached hydrogens (tertiary/aromatic N) is 1. The molecule has 1 saturated carbocycles. The van der Waals surface area contributed by atoms with Gasteiger partial charge in [-0.1, -0.05) is 6.07 Å². The first-order chi connectivity index (χ1) is 8.74. The Hall–Kier alpha value is -1.62. The van der Waals surface area contributed by atoms with Gasteiger partial charge in [0.15, 0.2) is 0 Å². The predicted molar refractivity (Wildman–Crippen MR) is 67.6 cm³/mol. The van der Waals surface area contributed by atoms with E-state index in [4.69, 9.17) is 4.74 Å². The zero-order valence-corrected chi connectivity index (χ0v) is 10.0. The Morgan fingerprint density at radius 3 is 2.89 bits per heavy atom. The molecule has 5 heteroatoms. The van der Waals surface area contributed by atoms with Gasteiger partial charge in [-0.3, -0.25) is 10.1 Å². The Morgan fingerprint density at radius 2 is 2.17 bits per heavy atom. The van der Waals surface area contributed by atoms with Crippen molar-refractivity contribution in [1.82, 2.24) is 0 Å². The van der Waals surface area contributed by atoms with E-state index < -0.39 is 0 Å². The fourth-order valence-electron chi connectivity index (χ4n) is 2.58. The highest BCUT2D eigenvalue weighted by Gasteiger charge is 2.40. The summed E-state index contributed by atoms with van der Waals surface area (Å²) in [4.78, 5) is 10.4. The summed E-state index contributed by atoms with van der Waals surface area (Å²) in [7, 11) is 0. The predicted octanol–water partition coefficient (Wildman–Crippen LogP) is 2.57. The SMILES string of the molecule is O=[N+]([O-])c1cccc(NC2CCOC2C2CC2)c1. The van der Waals surface area contributed by atoms with Gasteiger partial charge in [0.25, 0.3) is 5.69 Å². The quantitative estimate of drug-likeness (QED) is 0.657. The fraction of sp³-hybridized carbons (Fsp3) is 0.538. The average molecular weight is 248 g/mol. The summed E-state index contributed by atoms with van der Waals surface area (Å²) in [6, 6.07) is 6.97. The van der Waals surface area contributed by atoms with Crippen molar-refractivity contribution in [2.24, 2.45) is 5.92 Å². The van der Waals surface area contributed by atoms with Gasteiger partial charge in [-0.05, 0) is 31.2 Å². The van der Waals surface area contributed by atoms with Gasteiger partial charge >= 0.3 is 0 Å². The number of nitro benzene ring substituents is 1.